The summed E-state index contributed by atoms with van der Waals surface area (Å²) in [6.45, 7) is 2.01. The summed E-state index contributed by atoms with van der Waals surface area (Å²) in [5.41, 5.74) is 11.7. The lowest BCUT2D eigenvalue weighted by Gasteiger charge is -2.32. The second kappa shape index (κ2) is 4.68. The number of guanidine groups is 1. The minimum Gasteiger partial charge on any atom is -0.370 e. The molecule has 19 heavy (non-hydrogen) atoms. The van der Waals surface area contributed by atoms with Crippen molar-refractivity contribution in [3.63, 3.8) is 0 Å². The second-order valence-corrected chi connectivity index (χ2v) is 6.01. The summed E-state index contributed by atoms with van der Waals surface area (Å²) in [5, 5.41) is 6.48. The number of rotatable bonds is 4. The lowest BCUT2D eigenvalue weighted by atomic mass is 10.0. The minimum absolute atomic E-state index is 0.438. The molecule has 2 heterocycles. The highest BCUT2D eigenvalue weighted by molar-refractivity contribution is 5.81. The standard InChI is InChI=1S/C13H24N6/c1-16-10-4-5-19(8-10)11-7-13(15,6-9-2-3-9)18-12(14)17-11/h7,9-10,16H,2-6,8,15H2,1H3,(H3,14,17,18). The van der Waals surface area contributed by atoms with Gasteiger partial charge >= 0.3 is 0 Å². The van der Waals surface area contributed by atoms with Crippen LogP contribution in [0.4, 0.5) is 0 Å². The van der Waals surface area contributed by atoms with E-state index in [2.05, 4.69) is 26.6 Å². The Morgan fingerprint density at radius 2 is 2.32 bits per heavy atom. The fourth-order valence-corrected chi connectivity index (χ4v) is 2.96. The van der Waals surface area contributed by atoms with Crippen molar-refractivity contribution in [3.05, 3.63) is 11.9 Å². The SMILES string of the molecule is CNC1CCN(C2=CC(N)(CC3CC3)N=C(N)N2)C1. The van der Waals surface area contributed by atoms with Crippen molar-refractivity contribution in [1.29, 1.82) is 0 Å². The number of hydrogen-bond acceptors (Lipinski definition) is 6. The summed E-state index contributed by atoms with van der Waals surface area (Å²) in [7, 11) is 2.01. The van der Waals surface area contributed by atoms with Crippen molar-refractivity contribution in [1.82, 2.24) is 15.5 Å². The molecule has 0 bridgehead atoms. The van der Waals surface area contributed by atoms with Gasteiger partial charge < -0.3 is 27.0 Å². The number of nitrogens with two attached hydrogens (primary N) is 2. The molecule has 1 saturated heterocycles. The first-order valence-electron chi connectivity index (χ1n) is 7.14. The quantitative estimate of drug-likeness (QED) is 0.549. The molecule has 6 N–H and O–H groups in total. The van der Waals surface area contributed by atoms with Gasteiger partial charge in [0.05, 0.1) is 0 Å². The van der Waals surface area contributed by atoms with Crippen LogP contribution in [0.3, 0.4) is 0 Å². The molecule has 3 aliphatic rings. The molecule has 0 amide bonds. The summed E-state index contributed by atoms with van der Waals surface area (Å²) in [6, 6.07) is 0.540. The van der Waals surface area contributed by atoms with E-state index in [1.807, 2.05) is 7.05 Å². The van der Waals surface area contributed by atoms with Crippen LogP contribution in [0.25, 0.3) is 0 Å². The Morgan fingerprint density at radius 1 is 1.53 bits per heavy atom. The first kappa shape index (κ1) is 12.7. The maximum absolute atomic E-state index is 6.39. The van der Waals surface area contributed by atoms with Crippen LogP contribution in [0.1, 0.15) is 25.7 Å². The molecule has 6 heteroatoms. The number of nitrogens with one attached hydrogen (secondary N) is 2. The lowest BCUT2D eigenvalue weighted by Crippen LogP contribution is -2.50. The highest BCUT2D eigenvalue weighted by Gasteiger charge is 2.36. The summed E-state index contributed by atoms with van der Waals surface area (Å²) in [4.78, 5) is 6.70. The highest BCUT2D eigenvalue weighted by Crippen LogP contribution is 2.37. The highest BCUT2D eigenvalue weighted by atomic mass is 15.3. The Balaban J connectivity index is 1.73. The monoisotopic (exact) mass is 264 g/mol. The van der Waals surface area contributed by atoms with E-state index in [4.69, 9.17) is 11.5 Å². The molecule has 6 nitrogen and oxygen atoms in total. The average molecular weight is 264 g/mol. The molecule has 3 rings (SSSR count). The molecule has 0 aromatic heterocycles. The predicted octanol–water partition coefficient (Wildman–Crippen LogP) is -0.505. The van der Waals surface area contributed by atoms with Gasteiger partial charge in [0.25, 0.3) is 0 Å². The largest absolute Gasteiger partial charge is 0.370 e. The third-order valence-corrected chi connectivity index (χ3v) is 4.22. The molecule has 1 aliphatic carbocycles. The fourth-order valence-electron chi connectivity index (χ4n) is 2.96. The number of nitrogens with zero attached hydrogens (tertiary/aromatic N) is 2. The van der Waals surface area contributed by atoms with Gasteiger partial charge in [0.15, 0.2) is 5.96 Å². The molecule has 2 unspecified atom stereocenters. The van der Waals surface area contributed by atoms with E-state index in [-0.39, 0.29) is 0 Å². The van der Waals surface area contributed by atoms with Crippen molar-refractivity contribution >= 4 is 5.96 Å². The summed E-state index contributed by atoms with van der Waals surface area (Å²) >= 11 is 0. The van der Waals surface area contributed by atoms with E-state index in [1.165, 1.54) is 12.8 Å². The molecule has 106 valence electrons. The van der Waals surface area contributed by atoms with Crippen LogP contribution >= 0.6 is 0 Å². The van der Waals surface area contributed by atoms with Crippen molar-refractivity contribution in [2.24, 2.45) is 22.4 Å². The van der Waals surface area contributed by atoms with Gasteiger partial charge in [-0.25, -0.2) is 4.99 Å². The number of likely N-dealkylation sites (tertiary alicyclic amines) is 1. The third kappa shape index (κ3) is 2.84. The molecular weight excluding hydrogens is 240 g/mol. The zero-order valence-corrected chi connectivity index (χ0v) is 11.5. The molecule has 1 saturated carbocycles. The van der Waals surface area contributed by atoms with Crippen LogP contribution in [0.15, 0.2) is 16.9 Å². The maximum Gasteiger partial charge on any atom is 0.196 e. The van der Waals surface area contributed by atoms with Crippen LogP contribution in [-0.4, -0.2) is 42.7 Å². The minimum atomic E-state index is -0.621. The first-order valence-corrected chi connectivity index (χ1v) is 7.14. The van der Waals surface area contributed by atoms with Crippen LogP contribution < -0.4 is 22.1 Å². The second-order valence-electron chi connectivity index (χ2n) is 6.01. The topological polar surface area (TPSA) is 91.7 Å². The number of aliphatic imine (C=N–C) groups is 1. The molecule has 0 spiro atoms. The first-order chi connectivity index (χ1) is 9.08. The normalized spacial score (nSPS) is 34.8. The van der Waals surface area contributed by atoms with Crippen LogP contribution in [-0.2, 0) is 0 Å². The van der Waals surface area contributed by atoms with Crippen molar-refractivity contribution in [3.8, 4) is 0 Å². The molecule has 2 aliphatic heterocycles. The molecule has 0 aromatic carbocycles. The predicted molar refractivity (Wildman–Crippen MR) is 76.1 cm³/mol. The van der Waals surface area contributed by atoms with E-state index in [9.17, 15) is 0 Å². The van der Waals surface area contributed by atoms with Gasteiger partial charge in [0, 0.05) is 19.1 Å². The summed E-state index contributed by atoms with van der Waals surface area (Å²) < 4.78 is 0. The van der Waals surface area contributed by atoms with Crippen molar-refractivity contribution in [2.45, 2.75) is 37.4 Å². The Bertz CT molecular complexity index is 413. The van der Waals surface area contributed by atoms with Gasteiger partial charge in [-0.05, 0) is 31.9 Å². The van der Waals surface area contributed by atoms with E-state index < -0.39 is 5.66 Å². The molecule has 0 aromatic rings. The Kier molecular flexibility index (Phi) is 3.14. The molecule has 2 fully saturated rings. The average Bonchev–Trinajstić information content (AvgIpc) is 3.01. The zero-order valence-electron chi connectivity index (χ0n) is 11.5. The molecule has 2 atom stereocenters. The summed E-state index contributed by atoms with van der Waals surface area (Å²) in [6.07, 6.45) is 6.65. The Labute approximate surface area is 114 Å². The van der Waals surface area contributed by atoms with E-state index in [0.29, 0.717) is 12.0 Å². The van der Waals surface area contributed by atoms with Gasteiger partial charge in [0.2, 0.25) is 0 Å². The van der Waals surface area contributed by atoms with E-state index in [1.54, 1.807) is 0 Å². The third-order valence-electron chi connectivity index (χ3n) is 4.22. The smallest absolute Gasteiger partial charge is 0.196 e. The molecular formula is C13H24N6. The van der Waals surface area contributed by atoms with E-state index in [0.717, 1.165) is 37.7 Å². The van der Waals surface area contributed by atoms with Crippen molar-refractivity contribution in [2.75, 3.05) is 20.1 Å². The maximum atomic E-state index is 6.39. The fraction of sp³-hybridized carbons (Fsp3) is 0.769. The Morgan fingerprint density at radius 3 is 2.95 bits per heavy atom. The number of hydrogen-bond donors (Lipinski definition) is 4. The van der Waals surface area contributed by atoms with Gasteiger partial charge in [-0.15, -0.1) is 0 Å². The van der Waals surface area contributed by atoms with Crippen molar-refractivity contribution < 1.29 is 0 Å². The van der Waals surface area contributed by atoms with Gasteiger partial charge in [0.1, 0.15) is 11.5 Å². The van der Waals surface area contributed by atoms with Crippen LogP contribution in [0, 0.1) is 5.92 Å². The van der Waals surface area contributed by atoms with Gasteiger partial charge in [-0.2, -0.15) is 0 Å². The Hall–Kier alpha value is -1.27. The molecule has 0 radical (unpaired) electrons. The summed E-state index contributed by atoms with van der Waals surface area (Å²) in [5.74, 6) is 2.18. The van der Waals surface area contributed by atoms with Crippen LogP contribution in [0.2, 0.25) is 0 Å². The van der Waals surface area contributed by atoms with Crippen LogP contribution in [0.5, 0.6) is 0 Å². The van der Waals surface area contributed by atoms with Gasteiger partial charge in [-0.1, -0.05) is 12.8 Å². The van der Waals surface area contributed by atoms with Gasteiger partial charge in [-0.3, -0.25) is 0 Å². The number of likely N-dealkylation sites (N-methyl/N-ethyl adjacent to an activating group) is 1. The van der Waals surface area contributed by atoms with E-state index >= 15 is 0 Å². The zero-order chi connectivity index (χ0) is 13.5. The lowest BCUT2D eigenvalue weighted by molar-refractivity contribution is 0.369.